The Morgan fingerprint density at radius 1 is 1.52 bits per heavy atom. The first-order valence-electron chi connectivity index (χ1n) is 7.00. The highest BCUT2D eigenvalue weighted by Gasteiger charge is 2.32. The summed E-state index contributed by atoms with van der Waals surface area (Å²) >= 11 is 5.80. The molecule has 6 nitrogen and oxygen atoms in total. The van der Waals surface area contributed by atoms with Crippen LogP contribution in [-0.4, -0.2) is 54.8 Å². The van der Waals surface area contributed by atoms with Crippen LogP contribution in [0.1, 0.15) is 12.6 Å². The number of nitrogens with one attached hydrogen (secondary N) is 2. The van der Waals surface area contributed by atoms with Gasteiger partial charge in [-0.25, -0.2) is 9.78 Å². The van der Waals surface area contributed by atoms with E-state index in [-0.39, 0.29) is 18.2 Å². The average Bonchev–Trinajstić information content (AvgIpc) is 2.73. The third kappa shape index (κ3) is 4.30. The minimum atomic E-state index is -0.257. The minimum absolute atomic E-state index is 0.0180. The van der Waals surface area contributed by atoms with Gasteiger partial charge in [-0.2, -0.15) is 0 Å². The zero-order chi connectivity index (χ0) is 15.4. The number of carbonyl (C=O) groups excluding carboxylic acids is 1. The third-order valence-corrected chi connectivity index (χ3v) is 3.66. The molecule has 2 N–H and O–H groups in total. The molecule has 7 heteroatoms. The lowest BCUT2D eigenvalue weighted by Crippen LogP contribution is -2.45. The molecule has 0 bridgehead atoms. The van der Waals surface area contributed by atoms with E-state index in [0.29, 0.717) is 23.1 Å². The van der Waals surface area contributed by atoms with E-state index in [9.17, 15) is 4.79 Å². The number of hydrogen-bond acceptors (Lipinski definition) is 4. The fourth-order valence-electron chi connectivity index (χ4n) is 2.47. The summed E-state index contributed by atoms with van der Waals surface area (Å²) in [5.41, 5.74) is 1.33. The van der Waals surface area contributed by atoms with Crippen molar-refractivity contribution in [1.82, 2.24) is 15.2 Å². The monoisotopic (exact) mass is 312 g/mol. The highest BCUT2D eigenvalue weighted by molar-refractivity contribution is 6.29. The van der Waals surface area contributed by atoms with Crippen LogP contribution in [0.5, 0.6) is 0 Å². The smallest absolute Gasteiger partial charge is 0.319 e. The molecule has 2 rings (SSSR count). The van der Waals surface area contributed by atoms with Crippen LogP contribution in [-0.2, 0) is 4.74 Å². The maximum atomic E-state index is 12.1. The average molecular weight is 313 g/mol. The molecule has 0 unspecified atom stereocenters. The molecule has 2 heterocycles. The lowest BCUT2D eigenvalue weighted by molar-refractivity contribution is 0.0568. The van der Waals surface area contributed by atoms with E-state index in [4.69, 9.17) is 16.3 Å². The van der Waals surface area contributed by atoms with E-state index in [0.717, 1.165) is 13.1 Å². The molecule has 2 atom stereocenters. The van der Waals surface area contributed by atoms with Crippen molar-refractivity contribution < 1.29 is 9.53 Å². The SMILES string of the molecule is CCO[C@@H]1CN(C)C[C@H]1NC(=O)Nc1ccc(Cl)nc1C. The first-order valence-corrected chi connectivity index (χ1v) is 7.38. The van der Waals surface area contributed by atoms with E-state index < -0.39 is 0 Å². The van der Waals surface area contributed by atoms with Gasteiger partial charge < -0.3 is 20.3 Å². The van der Waals surface area contributed by atoms with Gasteiger partial charge in [0.15, 0.2) is 0 Å². The van der Waals surface area contributed by atoms with Crippen LogP contribution in [0.25, 0.3) is 0 Å². The molecule has 21 heavy (non-hydrogen) atoms. The highest BCUT2D eigenvalue weighted by atomic mass is 35.5. The summed E-state index contributed by atoms with van der Waals surface area (Å²) < 4.78 is 5.66. The number of pyridine rings is 1. The van der Waals surface area contributed by atoms with Crippen molar-refractivity contribution in [3.05, 3.63) is 23.0 Å². The van der Waals surface area contributed by atoms with E-state index >= 15 is 0 Å². The van der Waals surface area contributed by atoms with Gasteiger partial charge in [-0.3, -0.25) is 0 Å². The molecule has 1 fully saturated rings. The molecular weight excluding hydrogens is 292 g/mol. The lowest BCUT2D eigenvalue weighted by Gasteiger charge is -2.20. The fourth-order valence-corrected chi connectivity index (χ4v) is 2.66. The number of halogens is 1. The summed E-state index contributed by atoms with van der Waals surface area (Å²) in [7, 11) is 2.01. The fraction of sp³-hybridized carbons (Fsp3) is 0.571. The number of hydrogen-bond donors (Lipinski definition) is 2. The maximum absolute atomic E-state index is 12.1. The van der Waals surface area contributed by atoms with Crippen LogP contribution in [0.15, 0.2) is 12.1 Å². The van der Waals surface area contributed by atoms with E-state index in [1.165, 1.54) is 0 Å². The van der Waals surface area contributed by atoms with Gasteiger partial charge in [-0.15, -0.1) is 0 Å². The molecule has 1 saturated heterocycles. The maximum Gasteiger partial charge on any atom is 0.319 e. The van der Waals surface area contributed by atoms with Crippen LogP contribution < -0.4 is 10.6 Å². The van der Waals surface area contributed by atoms with Crippen molar-refractivity contribution >= 4 is 23.3 Å². The standard InChI is InChI=1S/C14H21ClN4O2/c1-4-21-12-8-19(3)7-11(12)18-14(20)17-10-5-6-13(15)16-9(10)2/h5-6,11-12H,4,7-8H2,1-3H3,(H2,17,18,20)/t11-,12-/m1/s1. The van der Waals surface area contributed by atoms with Gasteiger partial charge in [0, 0.05) is 19.7 Å². The first kappa shape index (κ1) is 16.0. The Balaban J connectivity index is 1.94. The minimum Gasteiger partial charge on any atom is -0.375 e. The number of amides is 2. The van der Waals surface area contributed by atoms with E-state index in [1.807, 2.05) is 14.0 Å². The van der Waals surface area contributed by atoms with Crippen molar-refractivity contribution in [3.63, 3.8) is 0 Å². The van der Waals surface area contributed by atoms with Crippen LogP contribution in [0.3, 0.4) is 0 Å². The number of aryl methyl sites for hydroxylation is 1. The number of nitrogens with zero attached hydrogens (tertiary/aromatic N) is 2. The van der Waals surface area contributed by atoms with E-state index in [2.05, 4.69) is 20.5 Å². The molecule has 0 spiro atoms. The second kappa shape index (κ2) is 7.06. The third-order valence-electron chi connectivity index (χ3n) is 3.45. The summed E-state index contributed by atoms with van der Waals surface area (Å²) in [5, 5.41) is 6.16. The Hall–Kier alpha value is -1.37. The molecule has 1 aromatic rings. The van der Waals surface area contributed by atoms with Crippen LogP contribution in [0, 0.1) is 6.92 Å². The quantitative estimate of drug-likeness (QED) is 0.833. The Kier molecular flexibility index (Phi) is 5.39. The molecule has 1 aliphatic heterocycles. The van der Waals surface area contributed by atoms with Crippen molar-refractivity contribution in [2.24, 2.45) is 0 Å². The van der Waals surface area contributed by atoms with Gasteiger partial charge in [-0.05, 0) is 33.0 Å². The molecule has 1 aliphatic rings. The molecule has 0 aliphatic carbocycles. The zero-order valence-electron chi connectivity index (χ0n) is 12.5. The van der Waals surface area contributed by atoms with Gasteiger partial charge in [0.1, 0.15) is 5.15 Å². The molecule has 0 saturated carbocycles. The number of carbonyl (C=O) groups is 1. The Morgan fingerprint density at radius 3 is 2.95 bits per heavy atom. The predicted octanol–water partition coefficient (Wildman–Crippen LogP) is 1.88. The molecule has 0 aromatic carbocycles. The van der Waals surface area contributed by atoms with Gasteiger partial charge in [0.25, 0.3) is 0 Å². The van der Waals surface area contributed by atoms with Gasteiger partial charge in [0.2, 0.25) is 0 Å². The number of urea groups is 1. The van der Waals surface area contributed by atoms with Crippen LogP contribution >= 0.6 is 11.6 Å². The van der Waals surface area contributed by atoms with Crippen molar-refractivity contribution in [2.75, 3.05) is 32.1 Å². The Labute approximate surface area is 129 Å². The van der Waals surface area contributed by atoms with Crippen molar-refractivity contribution in [2.45, 2.75) is 26.0 Å². The number of rotatable bonds is 4. The molecule has 2 amide bonds. The number of anilines is 1. The number of likely N-dealkylation sites (N-methyl/N-ethyl adjacent to an activating group) is 1. The van der Waals surface area contributed by atoms with Gasteiger partial charge >= 0.3 is 6.03 Å². The summed E-state index contributed by atoms with van der Waals surface area (Å²) in [6.07, 6.45) is 0.0233. The zero-order valence-corrected chi connectivity index (χ0v) is 13.3. The summed E-state index contributed by atoms with van der Waals surface area (Å²) in [5.74, 6) is 0. The van der Waals surface area contributed by atoms with Crippen molar-refractivity contribution in [1.29, 1.82) is 0 Å². The molecular formula is C14H21ClN4O2. The Bertz CT molecular complexity index is 512. The second-order valence-electron chi connectivity index (χ2n) is 5.19. The van der Waals surface area contributed by atoms with Crippen molar-refractivity contribution in [3.8, 4) is 0 Å². The van der Waals surface area contributed by atoms with Crippen LogP contribution in [0.4, 0.5) is 10.5 Å². The van der Waals surface area contributed by atoms with Crippen LogP contribution in [0.2, 0.25) is 5.15 Å². The topological polar surface area (TPSA) is 66.5 Å². The molecule has 1 aromatic heterocycles. The number of aromatic nitrogens is 1. The highest BCUT2D eigenvalue weighted by Crippen LogP contribution is 2.16. The largest absolute Gasteiger partial charge is 0.375 e. The normalized spacial score (nSPS) is 22.3. The first-order chi connectivity index (χ1) is 9.99. The summed E-state index contributed by atoms with van der Waals surface area (Å²) in [4.78, 5) is 18.3. The number of likely N-dealkylation sites (tertiary alicyclic amines) is 1. The predicted molar refractivity (Wildman–Crippen MR) is 82.8 cm³/mol. The Morgan fingerprint density at radius 2 is 2.29 bits per heavy atom. The summed E-state index contributed by atoms with van der Waals surface area (Å²) in [6, 6.07) is 3.12. The van der Waals surface area contributed by atoms with Gasteiger partial charge in [0.05, 0.1) is 23.5 Å². The second-order valence-corrected chi connectivity index (χ2v) is 5.57. The summed E-state index contributed by atoms with van der Waals surface area (Å²) in [6.45, 7) is 5.99. The molecule has 116 valence electrons. The molecule has 0 radical (unpaired) electrons. The van der Waals surface area contributed by atoms with E-state index in [1.54, 1.807) is 19.1 Å². The lowest BCUT2D eigenvalue weighted by atomic mass is 10.2. The van der Waals surface area contributed by atoms with Gasteiger partial charge in [-0.1, -0.05) is 11.6 Å². The number of ether oxygens (including phenoxy) is 1.